The first-order valence-electron chi connectivity index (χ1n) is 5.87. The van der Waals surface area contributed by atoms with Crippen LogP contribution < -0.4 is 5.32 Å². The molecule has 0 aromatic heterocycles. The van der Waals surface area contributed by atoms with Gasteiger partial charge < -0.3 is 10.1 Å². The summed E-state index contributed by atoms with van der Waals surface area (Å²) in [4.78, 5) is 11.9. The number of hydrogen-bond acceptors (Lipinski definition) is 4. The van der Waals surface area contributed by atoms with Gasteiger partial charge in [-0.25, -0.2) is 13.8 Å². The van der Waals surface area contributed by atoms with Crippen LogP contribution in [0.4, 0.5) is 4.79 Å². The molecule has 0 saturated heterocycles. The van der Waals surface area contributed by atoms with Gasteiger partial charge in [-0.3, -0.25) is 0 Å². The smallest absolute Gasteiger partial charge is 0.407 e. The molecule has 1 unspecified atom stereocenters. The Kier molecular flexibility index (Phi) is 4.57. The molecule has 0 aliphatic carbocycles. The second-order valence-corrected chi connectivity index (χ2v) is 7.51. The lowest BCUT2D eigenvalue weighted by Crippen LogP contribution is -2.32. The highest BCUT2D eigenvalue weighted by atomic mass is 32.2. The minimum Gasteiger partial charge on any atom is -0.444 e. The van der Waals surface area contributed by atoms with Crippen molar-refractivity contribution in [3.63, 3.8) is 0 Å². The quantitative estimate of drug-likeness (QED) is 0.895. The van der Waals surface area contributed by atoms with Crippen molar-refractivity contribution in [1.82, 2.24) is 5.32 Å². The van der Waals surface area contributed by atoms with E-state index in [0.29, 0.717) is 4.90 Å². The Morgan fingerprint density at radius 1 is 1.42 bits per heavy atom. The van der Waals surface area contributed by atoms with Crippen LogP contribution >= 0.6 is 0 Å². The highest BCUT2D eigenvalue weighted by Gasteiger charge is 2.15. The Balaban J connectivity index is 2.67. The number of carbonyl (C=O) groups is 1. The first-order valence-corrected chi connectivity index (χ1v) is 7.84. The zero-order valence-electron chi connectivity index (χ0n) is 11.6. The molecule has 1 aromatic carbocycles. The normalized spacial score (nSPS) is 14.5. The molecule has 1 atom stereocenters. The molecule has 5 nitrogen and oxygen atoms in total. The summed E-state index contributed by atoms with van der Waals surface area (Å²) < 4.78 is 24.3. The fourth-order valence-corrected chi connectivity index (χ4v) is 2.10. The molecule has 0 aliphatic heterocycles. The van der Waals surface area contributed by atoms with Crippen LogP contribution in [0, 0.1) is 4.78 Å². The number of nitrogens with one attached hydrogen (secondary N) is 2. The fraction of sp³-hybridized carbons (Fsp3) is 0.462. The van der Waals surface area contributed by atoms with Crippen LogP contribution in [0.25, 0.3) is 0 Å². The topological polar surface area (TPSA) is 79.2 Å². The molecule has 106 valence electrons. The second-order valence-electron chi connectivity index (χ2n) is 5.35. The highest BCUT2D eigenvalue weighted by Crippen LogP contribution is 2.12. The molecule has 1 aromatic rings. The van der Waals surface area contributed by atoms with Crippen molar-refractivity contribution in [2.75, 3.05) is 6.26 Å². The van der Waals surface area contributed by atoms with Gasteiger partial charge >= 0.3 is 6.09 Å². The summed E-state index contributed by atoms with van der Waals surface area (Å²) in [5.41, 5.74) is 0.246. The van der Waals surface area contributed by atoms with Crippen LogP contribution in [0.3, 0.4) is 0 Å². The van der Waals surface area contributed by atoms with Crippen molar-refractivity contribution in [2.24, 2.45) is 0 Å². The molecule has 6 heteroatoms. The molecular formula is C13H20N2O3S. The van der Waals surface area contributed by atoms with Gasteiger partial charge in [-0.1, -0.05) is 12.1 Å². The molecule has 0 bridgehead atoms. The largest absolute Gasteiger partial charge is 0.444 e. The van der Waals surface area contributed by atoms with Gasteiger partial charge in [0.25, 0.3) is 0 Å². The first kappa shape index (κ1) is 15.5. The van der Waals surface area contributed by atoms with E-state index in [2.05, 4.69) is 5.32 Å². The molecule has 0 fully saturated rings. The molecule has 0 heterocycles. The fourth-order valence-electron chi connectivity index (χ4n) is 1.39. The van der Waals surface area contributed by atoms with Crippen LogP contribution in [0.15, 0.2) is 29.2 Å². The lowest BCUT2D eigenvalue weighted by atomic mass is 10.2. The first-order chi connectivity index (χ1) is 8.58. The van der Waals surface area contributed by atoms with E-state index in [1.54, 1.807) is 45.0 Å². The number of carbonyl (C=O) groups excluding carboxylic acids is 1. The molecule has 0 aliphatic rings. The van der Waals surface area contributed by atoms with E-state index in [9.17, 15) is 9.00 Å². The van der Waals surface area contributed by atoms with Gasteiger partial charge in [-0.15, -0.1) is 0 Å². The number of alkyl carbamates (subject to hydrolysis) is 1. The van der Waals surface area contributed by atoms with Crippen molar-refractivity contribution in [2.45, 2.75) is 37.8 Å². The second kappa shape index (κ2) is 5.61. The molecule has 19 heavy (non-hydrogen) atoms. The lowest BCUT2D eigenvalue weighted by molar-refractivity contribution is 0.0523. The Morgan fingerprint density at radius 3 is 2.58 bits per heavy atom. The Morgan fingerprint density at radius 2 is 2.05 bits per heavy atom. The maximum Gasteiger partial charge on any atom is 0.407 e. The van der Waals surface area contributed by atoms with Gasteiger partial charge in [0.2, 0.25) is 0 Å². The van der Waals surface area contributed by atoms with Crippen molar-refractivity contribution in [3.8, 4) is 0 Å². The van der Waals surface area contributed by atoms with Crippen LogP contribution in [0.1, 0.15) is 26.3 Å². The van der Waals surface area contributed by atoms with Gasteiger partial charge in [0.1, 0.15) is 5.60 Å². The number of amides is 1. The van der Waals surface area contributed by atoms with Crippen LogP contribution in [0.2, 0.25) is 0 Å². The molecule has 0 radical (unpaired) electrons. The van der Waals surface area contributed by atoms with Gasteiger partial charge in [0.05, 0.1) is 9.73 Å². The summed E-state index contributed by atoms with van der Waals surface area (Å²) in [5, 5.41) is 2.62. The van der Waals surface area contributed by atoms with Crippen molar-refractivity contribution >= 4 is 15.8 Å². The highest BCUT2D eigenvalue weighted by molar-refractivity contribution is 7.91. The van der Waals surface area contributed by atoms with E-state index >= 15 is 0 Å². The summed E-state index contributed by atoms with van der Waals surface area (Å²) in [7, 11) is -2.74. The third-order valence-corrected chi connectivity index (χ3v) is 3.34. The van der Waals surface area contributed by atoms with Gasteiger partial charge in [-0.05, 0) is 38.5 Å². The molecule has 1 rings (SSSR count). The number of ether oxygens (including phenoxy) is 1. The average Bonchev–Trinajstić information content (AvgIpc) is 2.23. The van der Waals surface area contributed by atoms with Crippen molar-refractivity contribution in [1.29, 1.82) is 4.78 Å². The van der Waals surface area contributed by atoms with Gasteiger partial charge in [0.15, 0.2) is 0 Å². The standard InChI is InChI=1S/C13H20N2O3S/c1-13(2,3)18-12(16)15-9-10-6-5-7-11(8-10)19(4,14)17/h5-8,14H,9H2,1-4H3,(H,15,16). The molecule has 0 saturated carbocycles. The van der Waals surface area contributed by atoms with E-state index in [4.69, 9.17) is 9.52 Å². The van der Waals surface area contributed by atoms with Gasteiger partial charge in [-0.2, -0.15) is 0 Å². The van der Waals surface area contributed by atoms with E-state index < -0.39 is 21.4 Å². The number of hydrogen-bond donors (Lipinski definition) is 2. The Hall–Kier alpha value is -1.56. The van der Waals surface area contributed by atoms with E-state index in [0.717, 1.165) is 5.56 Å². The zero-order chi connectivity index (χ0) is 14.7. The third kappa shape index (κ3) is 5.74. The van der Waals surface area contributed by atoms with Crippen LogP contribution in [0.5, 0.6) is 0 Å². The molecular weight excluding hydrogens is 264 g/mol. The SMILES string of the molecule is CC(C)(C)OC(=O)NCc1cccc(S(C)(=N)=O)c1. The monoisotopic (exact) mass is 284 g/mol. The predicted octanol–water partition coefficient (Wildman–Crippen LogP) is 2.75. The molecule has 2 N–H and O–H groups in total. The summed E-state index contributed by atoms with van der Waals surface area (Å²) >= 11 is 0. The number of benzene rings is 1. The lowest BCUT2D eigenvalue weighted by Gasteiger charge is -2.19. The summed E-state index contributed by atoms with van der Waals surface area (Å²) in [6.07, 6.45) is 0.869. The van der Waals surface area contributed by atoms with Crippen molar-refractivity contribution < 1.29 is 13.7 Å². The van der Waals surface area contributed by atoms with Crippen molar-refractivity contribution in [3.05, 3.63) is 29.8 Å². The third-order valence-electron chi connectivity index (χ3n) is 2.18. The summed E-state index contributed by atoms with van der Waals surface area (Å²) in [5.74, 6) is 0. The predicted molar refractivity (Wildman–Crippen MR) is 74.6 cm³/mol. The minimum atomic E-state index is -2.74. The molecule has 1 amide bonds. The summed E-state index contributed by atoms with van der Waals surface area (Å²) in [6, 6.07) is 6.82. The van der Waals surface area contributed by atoms with E-state index in [-0.39, 0.29) is 6.54 Å². The maximum atomic E-state index is 11.6. The maximum absolute atomic E-state index is 11.6. The van der Waals surface area contributed by atoms with E-state index in [1.165, 1.54) is 6.26 Å². The minimum absolute atomic E-state index is 0.276. The van der Waals surface area contributed by atoms with E-state index in [1.807, 2.05) is 0 Å². The average molecular weight is 284 g/mol. The van der Waals surface area contributed by atoms with Gasteiger partial charge in [0, 0.05) is 17.7 Å². The van der Waals surface area contributed by atoms with Crippen LogP contribution in [-0.2, 0) is 21.0 Å². The zero-order valence-corrected chi connectivity index (χ0v) is 12.5. The van der Waals surface area contributed by atoms with Crippen LogP contribution in [-0.4, -0.2) is 22.2 Å². The summed E-state index contributed by atoms with van der Waals surface area (Å²) in [6.45, 7) is 5.65. The number of rotatable bonds is 3. The molecule has 0 spiro atoms. The Bertz CT molecular complexity index is 559. The Labute approximate surface area is 114 Å².